The molecule has 3 rings (SSSR count). The second-order valence-corrected chi connectivity index (χ2v) is 6.60. The fourth-order valence-corrected chi connectivity index (χ4v) is 3.48. The van der Waals surface area contributed by atoms with Crippen LogP contribution in [0.1, 0.15) is 50.0 Å². The molecule has 1 aromatic rings. The average molecular weight is 318 g/mol. The number of hydrogen-bond donors (Lipinski definition) is 1. The van der Waals surface area contributed by atoms with Crippen LogP contribution < -0.4 is 0 Å². The topological polar surface area (TPSA) is 49.7 Å². The van der Waals surface area contributed by atoms with E-state index in [0.717, 1.165) is 18.4 Å². The molecule has 0 spiro atoms. The number of allylic oxidation sites excluding steroid dienone is 2. The molecule has 116 valence electrons. The van der Waals surface area contributed by atoms with Crippen molar-refractivity contribution in [3.8, 4) is 0 Å². The van der Waals surface area contributed by atoms with Gasteiger partial charge in [-0.3, -0.25) is 9.79 Å². The first-order chi connectivity index (χ1) is 10.6. The summed E-state index contributed by atoms with van der Waals surface area (Å²) in [7, 11) is 0. The number of Topliss-reactive ketones (excluding diaryl/α,β-unsaturated/α-hetero) is 1. The molecule has 4 heteroatoms. The van der Waals surface area contributed by atoms with E-state index in [9.17, 15) is 9.90 Å². The van der Waals surface area contributed by atoms with E-state index < -0.39 is 0 Å². The van der Waals surface area contributed by atoms with Crippen molar-refractivity contribution < 1.29 is 9.90 Å². The highest BCUT2D eigenvalue weighted by molar-refractivity contribution is 6.30. The third kappa shape index (κ3) is 3.41. The third-order valence-electron chi connectivity index (χ3n) is 4.54. The Bertz CT molecular complexity index is 630. The lowest BCUT2D eigenvalue weighted by Crippen LogP contribution is -2.19. The normalized spacial score (nSPS) is 23.7. The van der Waals surface area contributed by atoms with Crippen molar-refractivity contribution in [1.82, 2.24) is 0 Å². The fourth-order valence-electron chi connectivity index (χ4n) is 3.29. The largest absolute Gasteiger partial charge is 0.511 e. The Morgan fingerprint density at radius 1 is 1.23 bits per heavy atom. The first kappa shape index (κ1) is 15.3. The maximum Gasteiger partial charge on any atom is 0.168 e. The maximum absolute atomic E-state index is 12.3. The molecule has 0 aliphatic heterocycles. The Kier molecular flexibility index (Phi) is 4.63. The molecule has 1 fully saturated rings. The fraction of sp³-hybridized carbons (Fsp3) is 0.444. The number of carbonyl (C=O) groups excluding carboxylic acids is 1. The number of benzene rings is 1. The molecule has 0 heterocycles. The quantitative estimate of drug-likeness (QED) is 0.827. The first-order valence-electron chi connectivity index (χ1n) is 7.87. The molecule has 2 aliphatic rings. The van der Waals surface area contributed by atoms with Gasteiger partial charge in [0.15, 0.2) is 5.78 Å². The Balaban J connectivity index is 1.76. The van der Waals surface area contributed by atoms with Gasteiger partial charge in [0, 0.05) is 30.1 Å². The van der Waals surface area contributed by atoms with Crippen LogP contribution in [0.4, 0.5) is 0 Å². The zero-order chi connectivity index (χ0) is 15.5. The van der Waals surface area contributed by atoms with Gasteiger partial charge in [-0.25, -0.2) is 0 Å². The molecule has 2 aliphatic carbocycles. The molecule has 1 N–H and O–H groups in total. The highest BCUT2D eigenvalue weighted by Crippen LogP contribution is 2.34. The van der Waals surface area contributed by atoms with Crippen molar-refractivity contribution >= 4 is 23.6 Å². The summed E-state index contributed by atoms with van der Waals surface area (Å²) in [6, 6.07) is 7.82. The standard InChI is InChI=1S/C18H20ClNO2/c19-14-5-3-4-12(8-14)13-9-17(21)16(18(22)10-13)11-20-15-6-1-2-7-15/h3-5,8,11,13,15,21H,1-2,6-7,9-10H2. The molecule has 0 amide bonds. The number of halogens is 1. The molecule has 1 atom stereocenters. The predicted molar refractivity (Wildman–Crippen MR) is 88.8 cm³/mol. The lowest BCUT2D eigenvalue weighted by Gasteiger charge is -2.22. The molecule has 0 aromatic heterocycles. The van der Waals surface area contributed by atoms with Gasteiger partial charge in [-0.15, -0.1) is 0 Å². The van der Waals surface area contributed by atoms with Crippen molar-refractivity contribution in [3.05, 3.63) is 46.2 Å². The minimum Gasteiger partial charge on any atom is -0.511 e. The van der Waals surface area contributed by atoms with Crippen molar-refractivity contribution in [2.24, 2.45) is 4.99 Å². The third-order valence-corrected chi connectivity index (χ3v) is 4.78. The Morgan fingerprint density at radius 2 is 2.00 bits per heavy atom. The van der Waals surface area contributed by atoms with Gasteiger partial charge < -0.3 is 5.11 Å². The molecule has 0 bridgehead atoms. The van der Waals surface area contributed by atoms with Gasteiger partial charge in [-0.2, -0.15) is 0 Å². The SMILES string of the molecule is O=C1CC(c2cccc(Cl)c2)CC(O)=C1C=NC1CCCC1. The van der Waals surface area contributed by atoms with Gasteiger partial charge in [0.1, 0.15) is 5.76 Å². The van der Waals surface area contributed by atoms with Crippen molar-refractivity contribution in [3.63, 3.8) is 0 Å². The number of aliphatic hydroxyl groups is 1. The van der Waals surface area contributed by atoms with Crippen molar-refractivity contribution in [1.29, 1.82) is 0 Å². The van der Waals surface area contributed by atoms with E-state index in [0.29, 0.717) is 29.5 Å². The highest BCUT2D eigenvalue weighted by Gasteiger charge is 2.28. The summed E-state index contributed by atoms with van der Waals surface area (Å²) in [6.45, 7) is 0. The molecular formula is C18H20ClNO2. The van der Waals surface area contributed by atoms with Crippen LogP contribution in [-0.2, 0) is 4.79 Å². The van der Waals surface area contributed by atoms with Gasteiger partial charge in [0.05, 0.1) is 5.57 Å². The first-order valence-corrected chi connectivity index (χ1v) is 8.25. The van der Waals surface area contributed by atoms with E-state index in [1.54, 1.807) is 6.21 Å². The molecule has 0 radical (unpaired) electrons. The van der Waals surface area contributed by atoms with Crippen molar-refractivity contribution in [2.45, 2.75) is 50.5 Å². The van der Waals surface area contributed by atoms with Gasteiger partial charge in [-0.1, -0.05) is 36.6 Å². The Morgan fingerprint density at radius 3 is 2.68 bits per heavy atom. The number of aliphatic imine (C=N–C) groups is 1. The second kappa shape index (κ2) is 6.66. The van der Waals surface area contributed by atoms with Gasteiger partial charge in [0.2, 0.25) is 0 Å². The summed E-state index contributed by atoms with van der Waals surface area (Å²) in [5.74, 6) is 0.119. The second-order valence-electron chi connectivity index (χ2n) is 6.16. The molecule has 3 nitrogen and oxygen atoms in total. The van der Waals surface area contributed by atoms with E-state index in [-0.39, 0.29) is 17.5 Å². The van der Waals surface area contributed by atoms with Crippen LogP contribution in [0.5, 0.6) is 0 Å². The summed E-state index contributed by atoms with van der Waals surface area (Å²) in [5.41, 5.74) is 1.39. The van der Waals surface area contributed by atoms with Crippen LogP contribution in [0.2, 0.25) is 5.02 Å². The van der Waals surface area contributed by atoms with E-state index in [2.05, 4.69) is 4.99 Å². The van der Waals surface area contributed by atoms with Crippen LogP contribution in [0, 0.1) is 0 Å². The minimum atomic E-state index is -0.0320. The molecule has 1 unspecified atom stereocenters. The Labute approximate surface area is 135 Å². The van der Waals surface area contributed by atoms with E-state index in [1.165, 1.54) is 12.8 Å². The summed E-state index contributed by atoms with van der Waals surface area (Å²) in [6.07, 6.45) is 7.06. The summed E-state index contributed by atoms with van der Waals surface area (Å²) in [4.78, 5) is 16.8. The lowest BCUT2D eigenvalue weighted by molar-refractivity contribution is -0.116. The number of aliphatic hydroxyl groups excluding tert-OH is 1. The van der Waals surface area contributed by atoms with Gasteiger partial charge in [-0.05, 0) is 36.5 Å². The highest BCUT2D eigenvalue weighted by atomic mass is 35.5. The lowest BCUT2D eigenvalue weighted by atomic mass is 9.83. The van der Waals surface area contributed by atoms with Gasteiger partial charge >= 0.3 is 0 Å². The monoisotopic (exact) mass is 317 g/mol. The van der Waals surface area contributed by atoms with Crippen LogP contribution in [-0.4, -0.2) is 23.1 Å². The molecule has 1 aromatic carbocycles. The molecule has 22 heavy (non-hydrogen) atoms. The van der Waals surface area contributed by atoms with E-state index in [4.69, 9.17) is 11.6 Å². The number of hydrogen-bond acceptors (Lipinski definition) is 3. The summed E-state index contributed by atoms with van der Waals surface area (Å²) < 4.78 is 0. The predicted octanol–water partition coefficient (Wildman–Crippen LogP) is 4.61. The van der Waals surface area contributed by atoms with Crippen LogP contribution in [0.25, 0.3) is 0 Å². The number of ketones is 1. The van der Waals surface area contributed by atoms with Crippen LogP contribution >= 0.6 is 11.6 Å². The number of carbonyl (C=O) groups is 1. The van der Waals surface area contributed by atoms with Crippen molar-refractivity contribution in [2.75, 3.05) is 0 Å². The van der Waals surface area contributed by atoms with Crippen LogP contribution in [0.3, 0.4) is 0 Å². The number of nitrogens with zero attached hydrogens (tertiary/aromatic N) is 1. The molecular weight excluding hydrogens is 298 g/mol. The zero-order valence-corrected chi connectivity index (χ0v) is 13.2. The van der Waals surface area contributed by atoms with Crippen LogP contribution in [0.15, 0.2) is 40.6 Å². The zero-order valence-electron chi connectivity index (χ0n) is 12.5. The van der Waals surface area contributed by atoms with Gasteiger partial charge in [0.25, 0.3) is 0 Å². The average Bonchev–Trinajstić information content (AvgIpc) is 2.99. The smallest absolute Gasteiger partial charge is 0.168 e. The Hall–Kier alpha value is -1.61. The van der Waals surface area contributed by atoms with E-state index in [1.807, 2.05) is 24.3 Å². The number of rotatable bonds is 3. The summed E-state index contributed by atoms with van der Waals surface area (Å²) in [5, 5.41) is 10.9. The maximum atomic E-state index is 12.3. The molecule has 1 saturated carbocycles. The minimum absolute atomic E-state index is 0.00479. The molecule has 0 saturated heterocycles. The summed E-state index contributed by atoms with van der Waals surface area (Å²) >= 11 is 6.01. The van der Waals surface area contributed by atoms with E-state index >= 15 is 0 Å².